The highest BCUT2D eigenvalue weighted by Crippen LogP contribution is 2.46. The summed E-state index contributed by atoms with van der Waals surface area (Å²) >= 11 is 1.76. The number of rotatable bonds is 6. The molecule has 0 unspecified atom stereocenters. The maximum Gasteiger partial charge on any atom is 0.225 e. The molecule has 2 aliphatic rings. The standard InChI is InChI=1S/C21H30N4O2S/c1-25(2)14-7-9-15(10-8-14)27-20-19-18-13(6-11-17(22)26)4-3-5-16(18)28-21(19)24-12-23-20/h12-15H,3-11H2,1-2H3,(H2,22,26)/t13-,14-,15-/m1/s1. The first-order valence-corrected chi connectivity index (χ1v) is 11.2. The van der Waals surface area contributed by atoms with Gasteiger partial charge in [-0.25, -0.2) is 9.97 Å². The summed E-state index contributed by atoms with van der Waals surface area (Å²) in [7, 11) is 4.31. The van der Waals surface area contributed by atoms with Gasteiger partial charge in [0.1, 0.15) is 17.3 Å². The largest absolute Gasteiger partial charge is 0.474 e. The first kappa shape index (κ1) is 19.6. The smallest absolute Gasteiger partial charge is 0.225 e. The number of aryl methyl sites for hydroxylation is 1. The van der Waals surface area contributed by atoms with Crippen molar-refractivity contribution in [2.75, 3.05) is 14.1 Å². The van der Waals surface area contributed by atoms with E-state index in [2.05, 4.69) is 29.0 Å². The van der Waals surface area contributed by atoms with Crippen molar-refractivity contribution in [3.8, 4) is 5.88 Å². The maximum atomic E-state index is 11.3. The second-order valence-corrected chi connectivity index (χ2v) is 9.49. The van der Waals surface area contributed by atoms with E-state index in [1.54, 1.807) is 17.7 Å². The lowest BCUT2D eigenvalue weighted by molar-refractivity contribution is -0.118. The monoisotopic (exact) mass is 402 g/mol. The number of aromatic nitrogens is 2. The number of primary amides is 1. The predicted octanol–water partition coefficient (Wildman–Crippen LogP) is 3.63. The highest BCUT2D eigenvalue weighted by Gasteiger charge is 2.30. The van der Waals surface area contributed by atoms with Crippen molar-refractivity contribution < 1.29 is 9.53 Å². The lowest BCUT2D eigenvalue weighted by atomic mass is 9.83. The van der Waals surface area contributed by atoms with E-state index in [0.717, 1.165) is 67.5 Å². The van der Waals surface area contributed by atoms with Gasteiger partial charge in [0.2, 0.25) is 11.8 Å². The minimum Gasteiger partial charge on any atom is -0.474 e. The minimum absolute atomic E-state index is 0.220. The van der Waals surface area contributed by atoms with E-state index in [0.29, 0.717) is 18.4 Å². The molecule has 0 spiro atoms. The maximum absolute atomic E-state index is 11.3. The Labute approximate surface area is 170 Å². The molecule has 2 heterocycles. The number of nitrogens with zero attached hydrogens (tertiary/aromatic N) is 3. The van der Waals surface area contributed by atoms with Crippen LogP contribution in [0.3, 0.4) is 0 Å². The Kier molecular flexibility index (Phi) is 5.83. The van der Waals surface area contributed by atoms with Gasteiger partial charge in [0, 0.05) is 17.3 Å². The van der Waals surface area contributed by atoms with Crippen LogP contribution in [0.25, 0.3) is 10.2 Å². The van der Waals surface area contributed by atoms with E-state index in [4.69, 9.17) is 10.5 Å². The number of carbonyl (C=O) groups is 1. The van der Waals surface area contributed by atoms with Crippen LogP contribution in [-0.2, 0) is 11.2 Å². The third kappa shape index (κ3) is 4.01. The van der Waals surface area contributed by atoms with Crippen molar-refractivity contribution in [1.29, 1.82) is 0 Å². The first-order valence-electron chi connectivity index (χ1n) is 10.4. The highest BCUT2D eigenvalue weighted by atomic mass is 32.1. The van der Waals surface area contributed by atoms with E-state index >= 15 is 0 Å². The van der Waals surface area contributed by atoms with Gasteiger partial charge < -0.3 is 15.4 Å². The van der Waals surface area contributed by atoms with E-state index in [1.807, 2.05) is 0 Å². The minimum atomic E-state index is -0.225. The molecule has 152 valence electrons. The lowest BCUT2D eigenvalue weighted by Crippen LogP contribution is -2.35. The fraction of sp³-hybridized carbons (Fsp3) is 0.667. The van der Waals surface area contributed by atoms with Gasteiger partial charge in [-0.05, 0) is 76.9 Å². The van der Waals surface area contributed by atoms with E-state index in [9.17, 15) is 4.79 Å². The van der Waals surface area contributed by atoms with Crippen molar-refractivity contribution >= 4 is 27.5 Å². The number of nitrogens with two attached hydrogens (primary N) is 1. The summed E-state index contributed by atoms with van der Waals surface area (Å²) in [5.41, 5.74) is 6.74. The topological polar surface area (TPSA) is 81.3 Å². The number of hydrogen-bond acceptors (Lipinski definition) is 6. The van der Waals surface area contributed by atoms with Crippen LogP contribution in [0, 0.1) is 0 Å². The summed E-state index contributed by atoms with van der Waals surface area (Å²) in [6.45, 7) is 0. The SMILES string of the molecule is CN(C)[C@H]1CC[C@H](Oc2ncnc3sc4c(c23)[C@@H](CCC(N)=O)CCC4)CC1. The molecule has 2 aliphatic carbocycles. The Bertz CT molecular complexity index is 842. The van der Waals surface area contributed by atoms with Gasteiger partial charge in [0.25, 0.3) is 0 Å². The number of fused-ring (bicyclic) bond motifs is 3. The summed E-state index contributed by atoms with van der Waals surface area (Å²) in [6, 6.07) is 0.650. The van der Waals surface area contributed by atoms with Crippen LogP contribution in [0.5, 0.6) is 5.88 Å². The fourth-order valence-corrected chi connectivity index (χ4v) is 6.03. The van der Waals surface area contributed by atoms with Crippen molar-refractivity contribution in [3.63, 3.8) is 0 Å². The van der Waals surface area contributed by atoms with Gasteiger partial charge >= 0.3 is 0 Å². The lowest BCUT2D eigenvalue weighted by Gasteiger charge is -2.32. The number of ether oxygens (including phenoxy) is 1. The summed E-state index contributed by atoms with van der Waals surface area (Å²) in [6.07, 6.45) is 10.9. The molecule has 0 saturated heterocycles. The predicted molar refractivity (Wildman–Crippen MR) is 112 cm³/mol. The van der Waals surface area contributed by atoms with Gasteiger partial charge in [-0.2, -0.15) is 0 Å². The molecule has 6 nitrogen and oxygen atoms in total. The van der Waals surface area contributed by atoms with Gasteiger partial charge in [-0.1, -0.05) is 0 Å². The van der Waals surface area contributed by atoms with E-state index in [-0.39, 0.29) is 12.0 Å². The van der Waals surface area contributed by atoms with Crippen LogP contribution in [0.2, 0.25) is 0 Å². The molecular formula is C21H30N4O2S. The zero-order valence-corrected chi connectivity index (χ0v) is 17.6. The number of amides is 1. The van der Waals surface area contributed by atoms with Gasteiger partial charge in [-0.3, -0.25) is 4.79 Å². The molecule has 1 atom stereocenters. The van der Waals surface area contributed by atoms with Crippen LogP contribution in [0.4, 0.5) is 0 Å². The molecule has 2 aromatic rings. The number of hydrogen-bond donors (Lipinski definition) is 1. The second kappa shape index (κ2) is 8.33. The molecule has 0 aliphatic heterocycles. The zero-order valence-electron chi connectivity index (χ0n) is 16.8. The van der Waals surface area contributed by atoms with Crippen molar-refractivity contribution in [3.05, 3.63) is 16.8 Å². The third-order valence-electron chi connectivity index (χ3n) is 6.32. The normalized spacial score (nSPS) is 25.0. The van der Waals surface area contributed by atoms with Gasteiger partial charge in [0.15, 0.2) is 0 Å². The molecule has 0 bridgehead atoms. The summed E-state index contributed by atoms with van der Waals surface area (Å²) in [5.74, 6) is 0.863. The van der Waals surface area contributed by atoms with Crippen LogP contribution < -0.4 is 10.5 Å². The van der Waals surface area contributed by atoms with E-state index < -0.39 is 0 Å². The van der Waals surface area contributed by atoms with Gasteiger partial charge in [-0.15, -0.1) is 11.3 Å². The zero-order chi connectivity index (χ0) is 19.7. The van der Waals surface area contributed by atoms with Crippen molar-refractivity contribution in [2.45, 2.75) is 75.9 Å². The van der Waals surface area contributed by atoms with Crippen molar-refractivity contribution in [1.82, 2.24) is 14.9 Å². The molecule has 4 rings (SSSR count). The Hall–Kier alpha value is -1.73. The molecule has 1 amide bonds. The van der Waals surface area contributed by atoms with Crippen LogP contribution in [-0.4, -0.2) is 47.0 Å². The molecule has 7 heteroatoms. The van der Waals surface area contributed by atoms with Crippen molar-refractivity contribution in [2.24, 2.45) is 5.73 Å². The average molecular weight is 403 g/mol. The number of carbonyl (C=O) groups excluding carboxylic acids is 1. The quantitative estimate of drug-likeness (QED) is 0.798. The summed E-state index contributed by atoms with van der Waals surface area (Å²) in [5, 5.41) is 1.09. The van der Waals surface area contributed by atoms with E-state index in [1.165, 1.54) is 10.4 Å². The molecule has 1 fully saturated rings. The molecule has 28 heavy (non-hydrogen) atoms. The highest BCUT2D eigenvalue weighted by molar-refractivity contribution is 7.18. The Morgan fingerprint density at radius 1 is 1.25 bits per heavy atom. The summed E-state index contributed by atoms with van der Waals surface area (Å²) < 4.78 is 6.44. The average Bonchev–Trinajstić information content (AvgIpc) is 3.07. The van der Waals surface area contributed by atoms with Crippen LogP contribution >= 0.6 is 11.3 Å². The second-order valence-electron chi connectivity index (χ2n) is 8.40. The third-order valence-corrected chi connectivity index (χ3v) is 7.50. The number of thiophene rings is 1. The molecule has 1 saturated carbocycles. The first-order chi connectivity index (χ1) is 13.5. The Morgan fingerprint density at radius 2 is 2.04 bits per heavy atom. The van der Waals surface area contributed by atoms with Crippen LogP contribution in [0.15, 0.2) is 6.33 Å². The molecule has 0 aromatic carbocycles. The Balaban J connectivity index is 1.59. The Morgan fingerprint density at radius 3 is 2.75 bits per heavy atom. The van der Waals surface area contributed by atoms with Crippen LogP contribution in [0.1, 0.15) is 67.7 Å². The molecule has 2 N–H and O–H groups in total. The molecule has 0 radical (unpaired) electrons. The molecule has 2 aromatic heterocycles. The fourth-order valence-electron chi connectivity index (χ4n) is 4.78. The summed E-state index contributed by atoms with van der Waals surface area (Å²) in [4.78, 5) is 25.1. The molecular weight excluding hydrogens is 372 g/mol. The van der Waals surface area contributed by atoms with Gasteiger partial charge in [0.05, 0.1) is 5.39 Å².